The van der Waals surface area contributed by atoms with Crippen molar-refractivity contribution in [3.8, 4) is 22.7 Å². The highest BCUT2D eigenvalue weighted by Crippen LogP contribution is 2.29. The van der Waals surface area contributed by atoms with Crippen LogP contribution in [0.4, 0.5) is 5.13 Å². The number of halogens is 2. The topological polar surface area (TPSA) is 80.9 Å². The average molecular weight is 508 g/mol. The number of carbonyl (C=O) groups is 1. The lowest BCUT2D eigenvalue weighted by Crippen LogP contribution is -2.13. The van der Waals surface area contributed by atoms with Crippen molar-refractivity contribution in [2.75, 3.05) is 11.1 Å². The van der Waals surface area contributed by atoms with Gasteiger partial charge in [0.05, 0.1) is 22.0 Å². The number of hydrogen-bond acceptors (Lipinski definition) is 7. The Bertz CT molecular complexity index is 1150. The lowest BCUT2D eigenvalue weighted by Gasteiger charge is -2.00. The van der Waals surface area contributed by atoms with Crippen molar-refractivity contribution in [2.45, 2.75) is 5.22 Å². The van der Waals surface area contributed by atoms with Crippen LogP contribution in [-0.2, 0) is 4.79 Å². The highest BCUT2D eigenvalue weighted by atomic mass is 79.9. The van der Waals surface area contributed by atoms with Crippen LogP contribution >= 0.6 is 50.6 Å². The Morgan fingerprint density at radius 2 is 1.97 bits per heavy atom. The number of benzene rings is 2. The predicted octanol–water partition coefficient (Wildman–Crippen LogP) is 6.01. The largest absolute Gasteiger partial charge is 0.411 e. The average Bonchev–Trinajstić information content (AvgIpc) is 3.37. The smallest absolute Gasteiger partial charge is 0.277 e. The van der Waals surface area contributed by atoms with Crippen LogP contribution in [0.25, 0.3) is 22.7 Å². The molecule has 0 bridgehead atoms. The second-order valence-corrected chi connectivity index (χ2v) is 8.84. The Hall–Kier alpha value is -2.20. The number of aromatic nitrogens is 3. The van der Waals surface area contributed by atoms with Gasteiger partial charge in [-0.3, -0.25) is 4.79 Å². The summed E-state index contributed by atoms with van der Waals surface area (Å²) in [7, 11) is 0. The van der Waals surface area contributed by atoms with E-state index in [0.717, 1.165) is 27.5 Å². The zero-order chi connectivity index (χ0) is 20.2. The summed E-state index contributed by atoms with van der Waals surface area (Å²) in [5, 5.41) is 14.0. The first-order valence-electron chi connectivity index (χ1n) is 8.31. The van der Waals surface area contributed by atoms with Crippen LogP contribution in [0.2, 0.25) is 5.02 Å². The Kier molecular flexibility index (Phi) is 6.29. The lowest BCUT2D eigenvalue weighted by atomic mass is 10.2. The Morgan fingerprint density at radius 1 is 1.17 bits per heavy atom. The van der Waals surface area contributed by atoms with Gasteiger partial charge in [-0.2, -0.15) is 0 Å². The molecular weight excluding hydrogens is 496 g/mol. The number of nitrogens with one attached hydrogen (secondary N) is 1. The molecule has 0 saturated carbocycles. The van der Waals surface area contributed by atoms with Crippen molar-refractivity contribution < 1.29 is 9.21 Å². The minimum Gasteiger partial charge on any atom is -0.411 e. The van der Waals surface area contributed by atoms with Gasteiger partial charge in [-0.25, -0.2) is 4.98 Å². The summed E-state index contributed by atoms with van der Waals surface area (Å²) in [6.07, 6.45) is 0. The quantitative estimate of drug-likeness (QED) is 0.322. The number of carbonyl (C=O) groups excluding carboxylic acids is 1. The Labute approximate surface area is 187 Å². The number of anilines is 1. The number of nitrogens with zero attached hydrogens (tertiary/aromatic N) is 3. The molecule has 0 radical (unpaired) electrons. The van der Waals surface area contributed by atoms with Crippen molar-refractivity contribution in [3.05, 3.63) is 63.4 Å². The molecular formula is C19H12BrClN4O2S2. The van der Waals surface area contributed by atoms with Crippen LogP contribution in [0.5, 0.6) is 0 Å². The number of hydrogen-bond donors (Lipinski definition) is 1. The molecule has 29 heavy (non-hydrogen) atoms. The first kappa shape index (κ1) is 20.1. The highest BCUT2D eigenvalue weighted by molar-refractivity contribution is 9.10. The fourth-order valence-electron chi connectivity index (χ4n) is 2.38. The summed E-state index contributed by atoms with van der Waals surface area (Å²) in [6.45, 7) is 0. The molecule has 2 aromatic heterocycles. The maximum absolute atomic E-state index is 12.2. The summed E-state index contributed by atoms with van der Waals surface area (Å²) in [6, 6.07) is 15.0. The van der Waals surface area contributed by atoms with Crippen LogP contribution in [0.15, 0.2) is 68.0 Å². The van der Waals surface area contributed by atoms with Gasteiger partial charge in [0.15, 0.2) is 5.13 Å². The van der Waals surface area contributed by atoms with Crippen LogP contribution in [-0.4, -0.2) is 26.8 Å². The zero-order valence-electron chi connectivity index (χ0n) is 14.6. The van der Waals surface area contributed by atoms with E-state index in [-0.39, 0.29) is 11.7 Å². The van der Waals surface area contributed by atoms with E-state index < -0.39 is 0 Å². The molecule has 10 heteroatoms. The number of thiazole rings is 1. The minimum atomic E-state index is -0.204. The van der Waals surface area contributed by atoms with E-state index in [1.54, 1.807) is 12.1 Å². The Morgan fingerprint density at radius 3 is 2.76 bits per heavy atom. The molecule has 0 spiro atoms. The summed E-state index contributed by atoms with van der Waals surface area (Å²) in [5.74, 6) is 0.235. The molecule has 0 aliphatic carbocycles. The van der Waals surface area contributed by atoms with Crippen molar-refractivity contribution in [1.82, 2.24) is 15.2 Å². The van der Waals surface area contributed by atoms with Crippen molar-refractivity contribution in [3.63, 3.8) is 0 Å². The fourth-order valence-corrected chi connectivity index (χ4v) is 4.16. The van der Waals surface area contributed by atoms with Gasteiger partial charge in [0.25, 0.3) is 5.22 Å². The van der Waals surface area contributed by atoms with E-state index in [1.165, 1.54) is 11.3 Å². The molecule has 0 aliphatic heterocycles. The van der Waals surface area contributed by atoms with Crippen molar-refractivity contribution >= 4 is 61.7 Å². The molecule has 0 atom stereocenters. The first-order chi connectivity index (χ1) is 14.1. The molecule has 4 rings (SSSR count). The van der Waals surface area contributed by atoms with E-state index in [1.807, 2.05) is 41.8 Å². The summed E-state index contributed by atoms with van der Waals surface area (Å²) < 4.78 is 6.58. The SMILES string of the molecule is O=C(CSc1nnc(-c2ccccc2Cl)o1)Nc1nc(-c2ccc(Br)cc2)cs1. The molecule has 1 N–H and O–H groups in total. The van der Waals surface area contributed by atoms with Gasteiger partial charge in [0.1, 0.15) is 0 Å². The first-order valence-corrected chi connectivity index (χ1v) is 11.3. The van der Waals surface area contributed by atoms with Gasteiger partial charge < -0.3 is 9.73 Å². The molecule has 0 saturated heterocycles. The third-order valence-corrected chi connectivity index (χ3v) is 6.16. The zero-order valence-corrected chi connectivity index (χ0v) is 18.6. The van der Waals surface area contributed by atoms with Crippen LogP contribution < -0.4 is 5.32 Å². The highest BCUT2D eigenvalue weighted by Gasteiger charge is 2.14. The van der Waals surface area contributed by atoms with Gasteiger partial charge in [0.2, 0.25) is 11.8 Å². The number of amides is 1. The summed E-state index contributed by atoms with van der Waals surface area (Å²) >= 11 is 12.1. The number of rotatable bonds is 6. The number of thioether (sulfide) groups is 1. The molecule has 2 aromatic carbocycles. The van der Waals surface area contributed by atoms with Crippen LogP contribution in [0.3, 0.4) is 0 Å². The fraction of sp³-hybridized carbons (Fsp3) is 0.0526. The van der Waals surface area contributed by atoms with Crippen LogP contribution in [0, 0.1) is 0 Å². The molecule has 0 fully saturated rings. The summed E-state index contributed by atoms with van der Waals surface area (Å²) in [5.41, 5.74) is 2.45. The maximum atomic E-state index is 12.2. The van der Waals surface area contributed by atoms with Gasteiger partial charge in [-0.05, 0) is 24.3 Å². The summed E-state index contributed by atoms with van der Waals surface area (Å²) in [4.78, 5) is 16.7. The van der Waals surface area contributed by atoms with Gasteiger partial charge in [0, 0.05) is 15.4 Å². The standard InChI is InChI=1S/C19H12BrClN4O2S2/c20-12-7-5-11(6-8-12)15-9-28-18(22-15)23-16(26)10-29-19-25-24-17(27-19)13-3-1-2-4-14(13)21/h1-9H,10H2,(H,22,23,26). The molecule has 4 aromatic rings. The van der Waals surface area contributed by atoms with Gasteiger partial charge in [-0.1, -0.05) is 63.6 Å². The Balaban J connectivity index is 1.34. The molecule has 6 nitrogen and oxygen atoms in total. The normalized spacial score (nSPS) is 10.8. The second kappa shape index (κ2) is 9.08. The van der Waals surface area contributed by atoms with E-state index in [2.05, 4.69) is 36.4 Å². The van der Waals surface area contributed by atoms with E-state index in [9.17, 15) is 4.79 Å². The third-order valence-electron chi connectivity index (χ3n) is 3.73. The van der Waals surface area contributed by atoms with Crippen molar-refractivity contribution in [1.29, 1.82) is 0 Å². The molecule has 0 unspecified atom stereocenters. The van der Waals surface area contributed by atoms with Gasteiger partial charge >= 0.3 is 0 Å². The van der Waals surface area contributed by atoms with E-state index in [0.29, 0.717) is 26.8 Å². The van der Waals surface area contributed by atoms with E-state index >= 15 is 0 Å². The van der Waals surface area contributed by atoms with E-state index in [4.69, 9.17) is 16.0 Å². The van der Waals surface area contributed by atoms with Crippen LogP contribution in [0.1, 0.15) is 0 Å². The lowest BCUT2D eigenvalue weighted by molar-refractivity contribution is -0.113. The molecule has 146 valence electrons. The molecule has 1 amide bonds. The minimum absolute atomic E-state index is 0.122. The molecule has 0 aliphatic rings. The monoisotopic (exact) mass is 506 g/mol. The third kappa shape index (κ3) is 5.05. The second-order valence-electron chi connectivity index (χ2n) is 5.73. The van der Waals surface area contributed by atoms with Gasteiger partial charge in [-0.15, -0.1) is 21.5 Å². The predicted molar refractivity (Wildman–Crippen MR) is 119 cm³/mol. The maximum Gasteiger partial charge on any atom is 0.277 e. The van der Waals surface area contributed by atoms with Crippen molar-refractivity contribution in [2.24, 2.45) is 0 Å². The molecule has 2 heterocycles.